The average molecular weight is 331 g/mol. The standard InChI is InChI=1S/C17H25N5O2/c1-11-9-16(21(4)19-11)17(23)18-14-5-7-22(8-6-14)10-15-12(2)20-24-13(15)3/h9,14H,5-8,10H2,1-4H3,(H,18,23). The number of aryl methyl sites for hydroxylation is 4. The fourth-order valence-corrected chi connectivity index (χ4v) is 3.27. The number of likely N-dealkylation sites (tertiary alicyclic amines) is 1. The van der Waals surface area contributed by atoms with Gasteiger partial charge in [0.2, 0.25) is 0 Å². The minimum absolute atomic E-state index is 0.0396. The largest absolute Gasteiger partial charge is 0.361 e. The Hall–Kier alpha value is -2.15. The number of carbonyl (C=O) groups is 1. The van der Waals surface area contributed by atoms with E-state index in [4.69, 9.17) is 4.52 Å². The van der Waals surface area contributed by atoms with Gasteiger partial charge in [-0.05, 0) is 39.7 Å². The highest BCUT2D eigenvalue weighted by atomic mass is 16.5. The Balaban J connectivity index is 1.52. The zero-order valence-electron chi connectivity index (χ0n) is 14.8. The number of aromatic nitrogens is 3. The first kappa shape index (κ1) is 16.7. The third-order valence-electron chi connectivity index (χ3n) is 4.72. The van der Waals surface area contributed by atoms with Crippen LogP contribution in [0.2, 0.25) is 0 Å². The van der Waals surface area contributed by atoms with E-state index in [0.717, 1.165) is 49.6 Å². The second-order valence-corrected chi connectivity index (χ2v) is 6.62. The van der Waals surface area contributed by atoms with Crippen LogP contribution in [-0.4, -0.2) is 44.9 Å². The maximum Gasteiger partial charge on any atom is 0.269 e. The summed E-state index contributed by atoms with van der Waals surface area (Å²) < 4.78 is 6.87. The number of carbonyl (C=O) groups excluding carboxylic acids is 1. The molecule has 1 amide bonds. The van der Waals surface area contributed by atoms with Gasteiger partial charge in [-0.2, -0.15) is 5.10 Å². The number of hydrogen-bond acceptors (Lipinski definition) is 5. The summed E-state index contributed by atoms with van der Waals surface area (Å²) in [7, 11) is 1.80. The van der Waals surface area contributed by atoms with Gasteiger partial charge >= 0.3 is 0 Å². The molecule has 1 N–H and O–H groups in total. The van der Waals surface area contributed by atoms with Crippen molar-refractivity contribution in [3.05, 3.63) is 34.5 Å². The van der Waals surface area contributed by atoms with Crippen LogP contribution < -0.4 is 5.32 Å². The van der Waals surface area contributed by atoms with E-state index in [1.54, 1.807) is 11.7 Å². The Morgan fingerprint density at radius 1 is 1.33 bits per heavy atom. The number of amides is 1. The van der Waals surface area contributed by atoms with Gasteiger partial charge in [0.25, 0.3) is 5.91 Å². The SMILES string of the molecule is Cc1cc(C(=O)NC2CCN(Cc3c(C)noc3C)CC2)n(C)n1. The van der Waals surface area contributed by atoms with Crippen LogP contribution in [0.25, 0.3) is 0 Å². The molecule has 24 heavy (non-hydrogen) atoms. The molecule has 3 heterocycles. The van der Waals surface area contributed by atoms with Crippen LogP contribution in [-0.2, 0) is 13.6 Å². The molecule has 7 nitrogen and oxygen atoms in total. The quantitative estimate of drug-likeness (QED) is 0.923. The van der Waals surface area contributed by atoms with Gasteiger partial charge in [-0.1, -0.05) is 5.16 Å². The zero-order chi connectivity index (χ0) is 17.3. The van der Waals surface area contributed by atoms with Crippen molar-refractivity contribution >= 4 is 5.91 Å². The van der Waals surface area contributed by atoms with Crippen LogP contribution >= 0.6 is 0 Å². The van der Waals surface area contributed by atoms with E-state index in [-0.39, 0.29) is 11.9 Å². The molecule has 130 valence electrons. The second kappa shape index (κ2) is 6.76. The molecule has 7 heteroatoms. The number of piperidine rings is 1. The Labute approximate surface area is 142 Å². The first-order valence-electron chi connectivity index (χ1n) is 8.39. The van der Waals surface area contributed by atoms with E-state index >= 15 is 0 Å². The van der Waals surface area contributed by atoms with Crippen LogP contribution in [0.4, 0.5) is 0 Å². The van der Waals surface area contributed by atoms with E-state index in [9.17, 15) is 4.79 Å². The number of hydrogen-bond donors (Lipinski definition) is 1. The van der Waals surface area contributed by atoms with Crippen LogP contribution in [0.1, 0.15) is 46.0 Å². The van der Waals surface area contributed by atoms with Crippen molar-refractivity contribution in [2.24, 2.45) is 7.05 Å². The monoisotopic (exact) mass is 331 g/mol. The molecule has 1 saturated heterocycles. The predicted molar refractivity (Wildman–Crippen MR) is 89.7 cm³/mol. The van der Waals surface area contributed by atoms with Gasteiger partial charge in [-0.3, -0.25) is 14.4 Å². The molecule has 0 aliphatic carbocycles. The van der Waals surface area contributed by atoms with Crippen LogP contribution in [0.5, 0.6) is 0 Å². The van der Waals surface area contributed by atoms with E-state index in [1.807, 2.05) is 26.8 Å². The fourth-order valence-electron chi connectivity index (χ4n) is 3.27. The molecule has 0 bridgehead atoms. The molecule has 1 fully saturated rings. The maximum atomic E-state index is 12.4. The minimum atomic E-state index is -0.0396. The van der Waals surface area contributed by atoms with Gasteiger partial charge in [-0.25, -0.2) is 0 Å². The van der Waals surface area contributed by atoms with Crippen molar-refractivity contribution in [3.8, 4) is 0 Å². The molecule has 2 aromatic heterocycles. The summed E-state index contributed by atoms with van der Waals surface area (Å²) in [6.07, 6.45) is 1.90. The highest BCUT2D eigenvalue weighted by molar-refractivity contribution is 5.92. The Morgan fingerprint density at radius 3 is 2.58 bits per heavy atom. The third kappa shape index (κ3) is 3.51. The van der Waals surface area contributed by atoms with E-state index < -0.39 is 0 Å². The van der Waals surface area contributed by atoms with Crippen molar-refractivity contribution in [1.82, 2.24) is 25.2 Å². The van der Waals surface area contributed by atoms with Crippen molar-refractivity contribution < 1.29 is 9.32 Å². The van der Waals surface area contributed by atoms with Crippen molar-refractivity contribution in [2.75, 3.05) is 13.1 Å². The van der Waals surface area contributed by atoms with Gasteiger partial charge in [-0.15, -0.1) is 0 Å². The lowest BCUT2D eigenvalue weighted by atomic mass is 10.0. The van der Waals surface area contributed by atoms with Crippen molar-refractivity contribution in [3.63, 3.8) is 0 Å². The molecule has 0 unspecified atom stereocenters. The summed E-state index contributed by atoms with van der Waals surface area (Å²) in [5, 5.41) is 11.4. The molecule has 1 aliphatic rings. The predicted octanol–water partition coefficient (Wildman–Crippen LogP) is 1.73. The smallest absolute Gasteiger partial charge is 0.269 e. The first-order chi connectivity index (χ1) is 11.4. The normalized spacial score (nSPS) is 16.5. The summed E-state index contributed by atoms with van der Waals surface area (Å²) in [5.74, 6) is 0.858. The molecule has 0 spiro atoms. The maximum absolute atomic E-state index is 12.4. The Bertz CT molecular complexity index is 706. The summed E-state index contributed by atoms with van der Waals surface area (Å²) in [6, 6.07) is 2.04. The molecular formula is C17H25N5O2. The van der Waals surface area contributed by atoms with Crippen molar-refractivity contribution in [2.45, 2.75) is 46.2 Å². The van der Waals surface area contributed by atoms with Gasteiger partial charge in [0, 0.05) is 38.3 Å². The Morgan fingerprint density at radius 2 is 2.04 bits per heavy atom. The van der Waals surface area contributed by atoms with E-state index in [2.05, 4.69) is 20.5 Å². The molecule has 0 saturated carbocycles. The highest BCUT2D eigenvalue weighted by Gasteiger charge is 2.23. The van der Waals surface area contributed by atoms with Gasteiger partial charge in [0.05, 0.1) is 11.4 Å². The van der Waals surface area contributed by atoms with Crippen LogP contribution in [0.3, 0.4) is 0 Å². The number of nitrogens with zero attached hydrogens (tertiary/aromatic N) is 4. The summed E-state index contributed by atoms with van der Waals surface area (Å²) in [6.45, 7) is 8.61. The first-order valence-corrected chi connectivity index (χ1v) is 8.39. The third-order valence-corrected chi connectivity index (χ3v) is 4.72. The molecule has 0 atom stereocenters. The van der Waals surface area contributed by atoms with Crippen molar-refractivity contribution in [1.29, 1.82) is 0 Å². The van der Waals surface area contributed by atoms with Gasteiger partial charge in [0.15, 0.2) is 0 Å². The average Bonchev–Trinajstić information content (AvgIpc) is 3.04. The van der Waals surface area contributed by atoms with Crippen LogP contribution in [0, 0.1) is 20.8 Å². The zero-order valence-corrected chi connectivity index (χ0v) is 14.8. The van der Waals surface area contributed by atoms with Gasteiger partial charge in [0.1, 0.15) is 11.5 Å². The summed E-state index contributed by atoms with van der Waals surface area (Å²) in [5.41, 5.74) is 3.62. The molecular weight excluding hydrogens is 306 g/mol. The number of rotatable bonds is 4. The highest BCUT2D eigenvalue weighted by Crippen LogP contribution is 2.19. The summed E-state index contributed by atoms with van der Waals surface area (Å²) >= 11 is 0. The molecule has 0 aromatic carbocycles. The Kier molecular flexibility index (Phi) is 4.71. The lowest BCUT2D eigenvalue weighted by molar-refractivity contribution is 0.0899. The summed E-state index contributed by atoms with van der Waals surface area (Å²) in [4.78, 5) is 14.8. The second-order valence-electron chi connectivity index (χ2n) is 6.62. The molecule has 0 radical (unpaired) electrons. The van der Waals surface area contributed by atoms with E-state index in [1.165, 1.54) is 5.56 Å². The molecule has 1 aliphatic heterocycles. The topological polar surface area (TPSA) is 76.2 Å². The number of nitrogens with one attached hydrogen (secondary N) is 1. The van der Waals surface area contributed by atoms with Gasteiger partial charge < -0.3 is 9.84 Å². The minimum Gasteiger partial charge on any atom is -0.361 e. The fraction of sp³-hybridized carbons (Fsp3) is 0.588. The molecule has 3 rings (SSSR count). The lowest BCUT2D eigenvalue weighted by Crippen LogP contribution is -2.44. The van der Waals surface area contributed by atoms with E-state index in [0.29, 0.717) is 5.69 Å². The lowest BCUT2D eigenvalue weighted by Gasteiger charge is -2.32. The van der Waals surface area contributed by atoms with Crippen LogP contribution in [0.15, 0.2) is 10.6 Å². The molecule has 2 aromatic rings.